The molecule has 8 nitrogen and oxygen atoms in total. The number of amides is 2. The van der Waals surface area contributed by atoms with E-state index in [2.05, 4.69) is 10.3 Å². The average Bonchev–Trinajstić information content (AvgIpc) is 3.14. The quantitative estimate of drug-likeness (QED) is 0.599. The summed E-state index contributed by atoms with van der Waals surface area (Å²) in [5, 5.41) is 8.01. The molecule has 8 heteroatoms. The number of esters is 1. The van der Waals surface area contributed by atoms with Crippen molar-refractivity contribution in [3.8, 4) is 11.3 Å². The van der Waals surface area contributed by atoms with Gasteiger partial charge >= 0.3 is 5.97 Å². The first-order valence-corrected chi connectivity index (χ1v) is 7.24. The van der Waals surface area contributed by atoms with Gasteiger partial charge in [-0.3, -0.25) is 14.4 Å². The van der Waals surface area contributed by atoms with E-state index in [1.54, 1.807) is 35.1 Å². The van der Waals surface area contributed by atoms with Crippen molar-refractivity contribution in [2.75, 3.05) is 11.5 Å². The molecule has 0 saturated carbocycles. The Balaban J connectivity index is 1.70. The highest BCUT2D eigenvalue weighted by molar-refractivity contribution is 6.28. The van der Waals surface area contributed by atoms with Gasteiger partial charge in [0.15, 0.2) is 0 Å². The van der Waals surface area contributed by atoms with Crippen LogP contribution in [0.1, 0.15) is 6.92 Å². The molecule has 0 bridgehead atoms. The summed E-state index contributed by atoms with van der Waals surface area (Å²) >= 11 is 0. The zero-order valence-corrected chi connectivity index (χ0v) is 12.9. The first-order valence-electron chi connectivity index (χ1n) is 7.24. The Kier molecular flexibility index (Phi) is 4.19. The number of rotatable bonds is 5. The van der Waals surface area contributed by atoms with Crippen LogP contribution in [0.25, 0.3) is 11.3 Å². The van der Waals surface area contributed by atoms with Crippen LogP contribution in [0.3, 0.4) is 0 Å². The Hall–Kier alpha value is -3.29. The van der Waals surface area contributed by atoms with Gasteiger partial charge in [0.05, 0.1) is 18.4 Å². The molecule has 1 aromatic carbocycles. The molecule has 0 unspecified atom stereocenters. The summed E-state index contributed by atoms with van der Waals surface area (Å²) in [4.78, 5) is 35.1. The molecule has 1 aliphatic heterocycles. The second-order valence-corrected chi connectivity index (χ2v) is 5.10. The molecular weight excluding hydrogens is 312 g/mol. The van der Waals surface area contributed by atoms with E-state index in [1.165, 1.54) is 19.1 Å². The first-order chi connectivity index (χ1) is 11.5. The minimum Gasteiger partial charge on any atom is -0.464 e. The number of aromatic nitrogens is 3. The van der Waals surface area contributed by atoms with Crippen molar-refractivity contribution in [2.45, 2.75) is 13.5 Å². The van der Waals surface area contributed by atoms with Gasteiger partial charge in [-0.25, -0.2) is 9.58 Å². The van der Waals surface area contributed by atoms with Gasteiger partial charge in [-0.2, -0.15) is 0 Å². The normalized spacial score (nSPS) is 13.6. The maximum atomic E-state index is 11.6. The van der Waals surface area contributed by atoms with Crippen LogP contribution in [0.5, 0.6) is 0 Å². The fourth-order valence-electron chi connectivity index (χ4n) is 2.26. The number of nitrogens with zero attached hydrogens (tertiary/aromatic N) is 4. The number of benzene rings is 1. The lowest BCUT2D eigenvalue weighted by Gasteiger charge is -2.13. The van der Waals surface area contributed by atoms with Crippen molar-refractivity contribution in [3.05, 3.63) is 42.6 Å². The fraction of sp³-hybridized carbons (Fsp3) is 0.188. The molecule has 1 aliphatic rings. The molecule has 24 heavy (non-hydrogen) atoms. The van der Waals surface area contributed by atoms with E-state index in [-0.39, 0.29) is 24.4 Å². The summed E-state index contributed by atoms with van der Waals surface area (Å²) in [6.07, 6.45) is 4.21. The molecule has 1 aromatic heterocycles. The number of anilines is 1. The summed E-state index contributed by atoms with van der Waals surface area (Å²) < 4.78 is 6.42. The SMILES string of the molecule is CC(=O)OCCn1cc(-c2ccc(N3C(=O)C=CC3=O)cc2)nn1. The third kappa shape index (κ3) is 3.22. The summed E-state index contributed by atoms with van der Waals surface area (Å²) in [7, 11) is 0. The molecule has 0 aliphatic carbocycles. The lowest BCUT2D eigenvalue weighted by molar-refractivity contribution is -0.141. The maximum Gasteiger partial charge on any atom is 0.302 e. The van der Waals surface area contributed by atoms with Gasteiger partial charge in [-0.1, -0.05) is 17.3 Å². The van der Waals surface area contributed by atoms with Crippen molar-refractivity contribution >= 4 is 23.5 Å². The van der Waals surface area contributed by atoms with Crippen molar-refractivity contribution in [1.82, 2.24) is 15.0 Å². The van der Waals surface area contributed by atoms with E-state index in [9.17, 15) is 14.4 Å². The zero-order valence-electron chi connectivity index (χ0n) is 12.9. The molecule has 2 aromatic rings. The molecule has 0 saturated heterocycles. The summed E-state index contributed by atoms with van der Waals surface area (Å²) in [6, 6.07) is 6.87. The molecule has 0 radical (unpaired) electrons. The number of hydrogen-bond acceptors (Lipinski definition) is 6. The van der Waals surface area contributed by atoms with E-state index in [0.29, 0.717) is 17.9 Å². The monoisotopic (exact) mass is 326 g/mol. The highest BCUT2D eigenvalue weighted by atomic mass is 16.5. The van der Waals surface area contributed by atoms with Gasteiger partial charge in [0.2, 0.25) is 0 Å². The van der Waals surface area contributed by atoms with E-state index >= 15 is 0 Å². The molecule has 2 heterocycles. The standard InChI is InChI=1S/C16H14N4O4/c1-11(21)24-9-8-19-10-14(17-18-19)12-2-4-13(5-3-12)20-15(22)6-7-16(20)23/h2-7,10H,8-9H2,1H3. The van der Waals surface area contributed by atoms with E-state index in [1.807, 2.05) is 0 Å². The molecule has 0 spiro atoms. The predicted octanol–water partition coefficient (Wildman–Crippen LogP) is 0.938. The Morgan fingerprint density at radius 3 is 2.42 bits per heavy atom. The number of carbonyl (C=O) groups is 3. The van der Waals surface area contributed by atoms with Crippen molar-refractivity contribution < 1.29 is 19.1 Å². The molecule has 0 N–H and O–H groups in total. The Morgan fingerprint density at radius 1 is 1.12 bits per heavy atom. The molecule has 3 rings (SSSR count). The number of ether oxygens (including phenoxy) is 1. The van der Waals surface area contributed by atoms with E-state index in [4.69, 9.17) is 4.74 Å². The molecule has 2 amide bonds. The lowest BCUT2D eigenvalue weighted by Crippen LogP contribution is -2.29. The number of hydrogen-bond donors (Lipinski definition) is 0. The summed E-state index contributed by atoms with van der Waals surface area (Å²) in [5.41, 5.74) is 1.94. The van der Waals surface area contributed by atoms with Crippen molar-refractivity contribution in [3.63, 3.8) is 0 Å². The zero-order chi connectivity index (χ0) is 17.1. The molecular formula is C16H14N4O4. The Morgan fingerprint density at radius 2 is 1.79 bits per heavy atom. The molecule has 0 atom stereocenters. The van der Waals surface area contributed by atoms with E-state index in [0.717, 1.165) is 10.5 Å². The largest absolute Gasteiger partial charge is 0.464 e. The van der Waals surface area contributed by atoms with Gasteiger partial charge in [0.25, 0.3) is 11.8 Å². The minimum atomic E-state index is -0.357. The van der Waals surface area contributed by atoms with Crippen LogP contribution >= 0.6 is 0 Å². The Labute approximate surface area is 137 Å². The van der Waals surface area contributed by atoms with Crippen molar-refractivity contribution in [1.29, 1.82) is 0 Å². The maximum absolute atomic E-state index is 11.6. The highest BCUT2D eigenvalue weighted by Gasteiger charge is 2.24. The Bertz CT molecular complexity index is 805. The van der Waals surface area contributed by atoms with E-state index < -0.39 is 0 Å². The van der Waals surface area contributed by atoms with Crippen LogP contribution in [0, 0.1) is 0 Å². The van der Waals surface area contributed by atoms with Crippen LogP contribution in [-0.2, 0) is 25.7 Å². The first kappa shape index (κ1) is 15.6. The topological polar surface area (TPSA) is 94.4 Å². The van der Waals surface area contributed by atoms with Crippen LogP contribution in [0.15, 0.2) is 42.6 Å². The lowest BCUT2D eigenvalue weighted by atomic mass is 10.1. The van der Waals surface area contributed by atoms with Crippen molar-refractivity contribution in [2.24, 2.45) is 0 Å². The summed E-state index contributed by atoms with van der Waals surface area (Å²) in [5.74, 6) is -1.06. The third-order valence-electron chi connectivity index (χ3n) is 3.39. The smallest absolute Gasteiger partial charge is 0.302 e. The van der Waals surface area contributed by atoms with Crippen LogP contribution < -0.4 is 4.90 Å². The molecule has 122 valence electrons. The van der Waals surface area contributed by atoms with Crippen LogP contribution in [0.4, 0.5) is 5.69 Å². The minimum absolute atomic E-state index is 0.225. The average molecular weight is 326 g/mol. The highest BCUT2D eigenvalue weighted by Crippen LogP contribution is 2.23. The third-order valence-corrected chi connectivity index (χ3v) is 3.39. The van der Waals surface area contributed by atoms with Gasteiger partial charge in [0, 0.05) is 24.6 Å². The fourth-order valence-corrected chi connectivity index (χ4v) is 2.26. The van der Waals surface area contributed by atoms with Gasteiger partial charge in [-0.05, 0) is 12.1 Å². The van der Waals surface area contributed by atoms with Crippen LogP contribution in [0.2, 0.25) is 0 Å². The molecule has 0 fully saturated rings. The second kappa shape index (κ2) is 6.45. The number of imide groups is 1. The van der Waals surface area contributed by atoms with Crippen LogP contribution in [-0.4, -0.2) is 39.4 Å². The predicted molar refractivity (Wildman–Crippen MR) is 83.7 cm³/mol. The van der Waals surface area contributed by atoms with Gasteiger partial charge in [-0.15, -0.1) is 5.10 Å². The second-order valence-electron chi connectivity index (χ2n) is 5.10. The van der Waals surface area contributed by atoms with Gasteiger partial charge in [0.1, 0.15) is 12.3 Å². The number of carbonyl (C=O) groups excluding carboxylic acids is 3. The summed E-state index contributed by atoms with van der Waals surface area (Å²) in [6.45, 7) is 1.98. The van der Waals surface area contributed by atoms with Gasteiger partial charge < -0.3 is 4.74 Å².